The first-order valence-corrected chi connectivity index (χ1v) is 11.0. The highest BCUT2D eigenvalue weighted by molar-refractivity contribution is 7.89. The molecule has 168 valence electrons. The van der Waals surface area contributed by atoms with Crippen molar-refractivity contribution in [2.24, 2.45) is 0 Å². The molecular weight excluding hydrogens is 462 g/mol. The maximum atomic E-state index is 13.0. The van der Waals surface area contributed by atoms with Gasteiger partial charge in [-0.2, -0.15) is 17.5 Å². The monoisotopic (exact) mass is 480 g/mol. The second kappa shape index (κ2) is 9.11. The third kappa shape index (κ3) is 5.73. The van der Waals surface area contributed by atoms with Gasteiger partial charge >= 0.3 is 6.18 Å². The zero-order chi connectivity index (χ0) is 22.8. The number of anilines is 1. The fraction of sp³-hybridized carbons (Fsp3) is 0.316. The molecule has 1 aliphatic rings. The Morgan fingerprint density at radius 3 is 2.29 bits per heavy atom. The lowest BCUT2D eigenvalue weighted by Gasteiger charge is -2.31. The summed E-state index contributed by atoms with van der Waals surface area (Å²) in [6.45, 7) is 0.946. The van der Waals surface area contributed by atoms with E-state index in [0.29, 0.717) is 13.1 Å². The maximum absolute atomic E-state index is 13.0. The van der Waals surface area contributed by atoms with Gasteiger partial charge < -0.3 is 10.2 Å². The number of amides is 1. The van der Waals surface area contributed by atoms with Gasteiger partial charge in [0, 0.05) is 5.69 Å². The van der Waals surface area contributed by atoms with Gasteiger partial charge in [0.15, 0.2) is 6.54 Å². The van der Waals surface area contributed by atoms with Crippen LogP contribution in [0.15, 0.2) is 47.4 Å². The van der Waals surface area contributed by atoms with Crippen LogP contribution < -0.4 is 10.2 Å². The van der Waals surface area contributed by atoms with E-state index >= 15 is 0 Å². The fourth-order valence-corrected chi connectivity index (χ4v) is 4.89. The highest BCUT2D eigenvalue weighted by Crippen LogP contribution is 2.36. The zero-order valence-corrected chi connectivity index (χ0v) is 17.6. The summed E-state index contributed by atoms with van der Waals surface area (Å²) in [4.78, 5) is 13.0. The van der Waals surface area contributed by atoms with Crippen molar-refractivity contribution in [1.29, 1.82) is 0 Å². The van der Waals surface area contributed by atoms with Gasteiger partial charge in [0.25, 0.3) is 5.91 Å². The Labute approximate surface area is 181 Å². The van der Waals surface area contributed by atoms with Gasteiger partial charge in [-0.05, 0) is 42.5 Å². The van der Waals surface area contributed by atoms with Crippen molar-refractivity contribution in [2.45, 2.75) is 11.1 Å². The molecule has 2 aromatic carbocycles. The maximum Gasteiger partial charge on any atom is 0.417 e. The van der Waals surface area contributed by atoms with Crippen molar-refractivity contribution in [3.05, 3.63) is 58.9 Å². The molecule has 0 atom stereocenters. The first-order valence-electron chi connectivity index (χ1n) is 9.23. The number of alkyl halides is 3. The normalized spacial score (nSPS) is 16.3. The van der Waals surface area contributed by atoms with Gasteiger partial charge in [0.05, 0.1) is 41.7 Å². The molecule has 31 heavy (non-hydrogen) atoms. The number of quaternary nitrogens is 1. The number of carbonyl (C=O) groups excluding carboxylic acids is 1. The molecule has 0 unspecified atom stereocenters. The molecule has 0 aromatic heterocycles. The van der Waals surface area contributed by atoms with Crippen LogP contribution in [0, 0.1) is 5.82 Å². The summed E-state index contributed by atoms with van der Waals surface area (Å²) in [7, 11) is -3.77. The minimum absolute atomic E-state index is 0.0155. The molecule has 1 heterocycles. The third-order valence-electron chi connectivity index (χ3n) is 4.85. The van der Waals surface area contributed by atoms with Gasteiger partial charge in [-0.3, -0.25) is 4.79 Å². The second-order valence-electron chi connectivity index (χ2n) is 7.03. The van der Waals surface area contributed by atoms with E-state index in [1.807, 2.05) is 0 Å². The number of hydrogen-bond acceptors (Lipinski definition) is 3. The Kier molecular flexibility index (Phi) is 6.89. The number of halogens is 5. The number of nitrogens with one attached hydrogen (secondary N) is 2. The van der Waals surface area contributed by atoms with E-state index in [1.54, 1.807) is 0 Å². The Morgan fingerprint density at radius 1 is 1.10 bits per heavy atom. The number of sulfonamides is 1. The average Bonchev–Trinajstić information content (AvgIpc) is 2.69. The smallest absolute Gasteiger partial charge is 0.325 e. The summed E-state index contributed by atoms with van der Waals surface area (Å²) < 4.78 is 78.4. The predicted molar refractivity (Wildman–Crippen MR) is 106 cm³/mol. The van der Waals surface area contributed by atoms with Crippen molar-refractivity contribution in [2.75, 3.05) is 38.0 Å². The molecular formula is C19H19ClF4N3O3S+. The first kappa shape index (κ1) is 23.5. The van der Waals surface area contributed by atoms with Gasteiger partial charge in [0.1, 0.15) is 5.82 Å². The van der Waals surface area contributed by atoms with Crippen molar-refractivity contribution < 1.29 is 35.7 Å². The summed E-state index contributed by atoms with van der Waals surface area (Å²) in [5, 5.41) is 1.95. The van der Waals surface area contributed by atoms with E-state index in [-0.39, 0.29) is 30.2 Å². The number of rotatable bonds is 5. The molecule has 0 bridgehead atoms. The summed E-state index contributed by atoms with van der Waals surface area (Å²) in [5.74, 6) is -1.04. The molecule has 2 aromatic rings. The van der Waals surface area contributed by atoms with E-state index in [4.69, 9.17) is 11.6 Å². The van der Waals surface area contributed by atoms with Crippen LogP contribution in [0.4, 0.5) is 23.2 Å². The summed E-state index contributed by atoms with van der Waals surface area (Å²) in [6, 6.07) is 7.63. The third-order valence-corrected chi connectivity index (χ3v) is 7.09. The molecule has 12 heteroatoms. The Morgan fingerprint density at radius 2 is 1.71 bits per heavy atom. The molecule has 3 rings (SSSR count). The van der Waals surface area contributed by atoms with Crippen LogP contribution in [-0.4, -0.2) is 51.4 Å². The van der Waals surface area contributed by atoms with Crippen LogP contribution in [0.3, 0.4) is 0 Å². The van der Waals surface area contributed by atoms with Crippen LogP contribution in [-0.2, 0) is 21.0 Å². The number of hydrogen-bond donors (Lipinski definition) is 2. The molecule has 1 aliphatic heterocycles. The fourth-order valence-electron chi connectivity index (χ4n) is 3.23. The largest absolute Gasteiger partial charge is 0.417 e. The Balaban J connectivity index is 1.56. The Bertz CT molecular complexity index is 1050. The van der Waals surface area contributed by atoms with Gasteiger partial charge in [0.2, 0.25) is 10.0 Å². The zero-order valence-electron chi connectivity index (χ0n) is 16.0. The molecule has 1 saturated heterocycles. The lowest BCUT2D eigenvalue weighted by atomic mass is 10.2. The van der Waals surface area contributed by atoms with Crippen molar-refractivity contribution in [3.63, 3.8) is 0 Å². The van der Waals surface area contributed by atoms with E-state index in [2.05, 4.69) is 5.32 Å². The van der Waals surface area contributed by atoms with Crippen LogP contribution in [0.25, 0.3) is 0 Å². The quantitative estimate of drug-likeness (QED) is 0.643. The lowest BCUT2D eigenvalue weighted by molar-refractivity contribution is -0.895. The average molecular weight is 481 g/mol. The topological polar surface area (TPSA) is 70.9 Å². The Hall–Kier alpha value is -2.21. The number of piperazine rings is 1. The van der Waals surface area contributed by atoms with Crippen LogP contribution in [0.5, 0.6) is 0 Å². The van der Waals surface area contributed by atoms with Crippen LogP contribution in [0.1, 0.15) is 5.56 Å². The molecule has 6 nitrogen and oxygen atoms in total. The lowest BCUT2D eigenvalue weighted by Crippen LogP contribution is -3.15. The van der Waals surface area contributed by atoms with Crippen LogP contribution >= 0.6 is 11.6 Å². The first-order chi connectivity index (χ1) is 14.5. The van der Waals surface area contributed by atoms with Gasteiger partial charge in [-0.15, -0.1) is 0 Å². The minimum Gasteiger partial charge on any atom is -0.325 e. The second-order valence-corrected chi connectivity index (χ2v) is 9.37. The molecule has 1 amide bonds. The van der Waals surface area contributed by atoms with E-state index in [0.717, 1.165) is 29.2 Å². The van der Waals surface area contributed by atoms with E-state index in [9.17, 15) is 30.8 Å². The van der Waals surface area contributed by atoms with E-state index < -0.39 is 38.5 Å². The van der Waals surface area contributed by atoms with Crippen molar-refractivity contribution >= 4 is 33.2 Å². The summed E-state index contributed by atoms with van der Waals surface area (Å²) >= 11 is 5.57. The highest BCUT2D eigenvalue weighted by atomic mass is 35.5. The molecule has 0 spiro atoms. The van der Waals surface area contributed by atoms with Crippen molar-refractivity contribution in [1.82, 2.24) is 4.31 Å². The summed E-state index contributed by atoms with van der Waals surface area (Å²) in [5.41, 5.74) is -1.07. The summed E-state index contributed by atoms with van der Waals surface area (Å²) in [6.07, 6.45) is -4.64. The molecule has 0 saturated carbocycles. The number of carbonyl (C=O) groups is 1. The number of nitrogens with zero attached hydrogens (tertiary/aromatic N) is 1. The van der Waals surface area contributed by atoms with Crippen molar-refractivity contribution in [3.8, 4) is 0 Å². The number of benzene rings is 2. The minimum atomic E-state index is -4.64. The molecule has 2 N–H and O–H groups in total. The molecule has 0 radical (unpaired) electrons. The highest BCUT2D eigenvalue weighted by Gasteiger charge is 2.34. The van der Waals surface area contributed by atoms with E-state index in [1.165, 1.54) is 22.5 Å². The van der Waals surface area contributed by atoms with Crippen LogP contribution in [0.2, 0.25) is 5.02 Å². The molecule has 1 fully saturated rings. The molecule has 0 aliphatic carbocycles. The standard InChI is InChI=1S/C19H18ClF4N3O3S/c20-17-6-3-14(11-16(17)19(22,23)24)25-18(28)12-26-7-9-27(10-8-26)31(29,30)15-4-1-13(21)2-5-15/h1-6,11H,7-10,12H2,(H,25,28)/p+1. The van der Waals surface area contributed by atoms with Gasteiger partial charge in [-0.25, -0.2) is 12.8 Å². The SMILES string of the molecule is O=C(C[NH+]1CCN(S(=O)(=O)c2ccc(F)cc2)CC1)Nc1ccc(Cl)c(C(F)(F)F)c1. The predicted octanol–water partition coefficient (Wildman–Crippen LogP) is 2.03. The van der Waals surface area contributed by atoms with Gasteiger partial charge in [-0.1, -0.05) is 11.6 Å².